The molecule has 0 aliphatic rings. The molecule has 6 nitrogen and oxygen atoms in total. The van der Waals surface area contributed by atoms with Crippen molar-refractivity contribution in [2.24, 2.45) is 0 Å². The van der Waals surface area contributed by atoms with E-state index in [0.29, 0.717) is 5.56 Å². The first-order valence-electron chi connectivity index (χ1n) is 6.26. The van der Waals surface area contributed by atoms with Crippen LogP contribution in [-0.2, 0) is 19.6 Å². The molecule has 0 saturated heterocycles. The lowest BCUT2D eigenvalue weighted by Crippen LogP contribution is -2.31. The van der Waals surface area contributed by atoms with Crippen LogP contribution in [0.4, 0.5) is 0 Å². The number of carbonyl (C=O) groups is 1. The van der Waals surface area contributed by atoms with E-state index < -0.39 is 21.7 Å². The van der Waals surface area contributed by atoms with Crippen molar-refractivity contribution in [2.75, 3.05) is 18.9 Å². The van der Waals surface area contributed by atoms with Crippen LogP contribution < -0.4 is 4.72 Å². The van der Waals surface area contributed by atoms with Crippen molar-refractivity contribution in [3.8, 4) is 6.07 Å². The zero-order valence-corrected chi connectivity index (χ0v) is 12.4. The van der Waals surface area contributed by atoms with Crippen LogP contribution >= 0.6 is 0 Å². The van der Waals surface area contributed by atoms with Gasteiger partial charge in [-0.1, -0.05) is 24.3 Å². The standard InChI is InChI=1S/C14H16N2O4S/c1-2-20-14(17)11-21(18,19)16-8-4-7-12-5-3-6-13(9-12)10-15/h3-7,9,16H,2,8,11H2,1H3/b7-4+. The third kappa shape index (κ3) is 6.70. The van der Waals surface area contributed by atoms with Crippen LogP contribution in [0.5, 0.6) is 0 Å². The normalized spacial score (nSPS) is 11.2. The number of nitrogens with one attached hydrogen (secondary N) is 1. The highest BCUT2D eigenvalue weighted by atomic mass is 32.2. The van der Waals surface area contributed by atoms with Gasteiger partial charge >= 0.3 is 5.97 Å². The first-order chi connectivity index (χ1) is 9.96. The van der Waals surface area contributed by atoms with Crippen molar-refractivity contribution >= 4 is 22.1 Å². The average molecular weight is 308 g/mol. The molecule has 1 aromatic rings. The SMILES string of the molecule is CCOC(=O)CS(=O)(=O)NC/C=C/c1cccc(C#N)c1. The van der Waals surface area contributed by atoms with Crippen molar-refractivity contribution in [3.05, 3.63) is 41.5 Å². The molecule has 0 radical (unpaired) electrons. The van der Waals surface area contributed by atoms with Crippen LogP contribution in [0.15, 0.2) is 30.3 Å². The predicted octanol–water partition coefficient (Wildman–Crippen LogP) is 1.05. The van der Waals surface area contributed by atoms with Gasteiger partial charge in [-0.15, -0.1) is 0 Å². The van der Waals surface area contributed by atoms with Gasteiger partial charge in [-0.05, 0) is 24.6 Å². The maximum Gasteiger partial charge on any atom is 0.322 e. The highest BCUT2D eigenvalue weighted by Crippen LogP contribution is 2.05. The molecule has 0 unspecified atom stereocenters. The van der Waals surface area contributed by atoms with E-state index in [4.69, 9.17) is 5.26 Å². The molecule has 0 saturated carbocycles. The Hall–Kier alpha value is -2.17. The molecule has 0 aliphatic carbocycles. The number of esters is 1. The zero-order valence-electron chi connectivity index (χ0n) is 11.6. The van der Waals surface area contributed by atoms with Gasteiger partial charge in [-0.3, -0.25) is 4.79 Å². The fourth-order valence-electron chi connectivity index (χ4n) is 1.49. The minimum absolute atomic E-state index is 0.0541. The number of rotatable bonds is 7. The lowest BCUT2D eigenvalue weighted by Gasteiger charge is -2.04. The van der Waals surface area contributed by atoms with E-state index in [1.165, 1.54) is 0 Å². The predicted molar refractivity (Wildman–Crippen MR) is 78.6 cm³/mol. The maximum atomic E-state index is 11.5. The van der Waals surface area contributed by atoms with Gasteiger partial charge in [0.1, 0.15) is 0 Å². The highest BCUT2D eigenvalue weighted by molar-refractivity contribution is 7.90. The van der Waals surface area contributed by atoms with Gasteiger partial charge in [0.15, 0.2) is 5.75 Å². The number of carbonyl (C=O) groups excluding carboxylic acids is 1. The summed E-state index contributed by atoms with van der Waals surface area (Å²) in [7, 11) is -3.70. The van der Waals surface area contributed by atoms with E-state index in [1.54, 1.807) is 43.3 Å². The zero-order chi connectivity index (χ0) is 15.7. The van der Waals surface area contributed by atoms with Crippen LogP contribution in [0.25, 0.3) is 6.08 Å². The highest BCUT2D eigenvalue weighted by Gasteiger charge is 2.15. The van der Waals surface area contributed by atoms with Crippen LogP contribution in [0.1, 0.15) is 18.1 Å². The maximum absolute atomic E-state index is 11.5. The van der Waals surface area contributed by atoms with Crippen molar-refractivity contribution in [1.29, 1.82) is 5.26 Å². The summed E-state index contributed by atoms with van der Waals surface area (Å²) in [4.78, 5) is 11.1. The Balaban J connectivity index is 2.50. The number of hydrogen-bond acceptors (Lipinski definition) is 5. The summed E-state index contributed by atoms with van der Waals surface area (Å²) in [5, 5.41) is 8.76. The summed E-state index contributed by atoms with van der Waals surface area (Å²) < 4.78 is 29.9. The van der Waals surface area contributed by atoms with Gasteiger partial charge < -0.3 is 4.74 Å². The second-order valence-electron chi connectivity index (χ2n) is 4.05. The summed E-state index contributed by atoms with van der Waals surface area (Å²) in [6.07, 6.45) is 3.28. The van der Waals surface area contributed by atoms with E-state index in [2.05, 4.69) is 9.46 Å². The van der Waals surface area contributed by atoms with Crippen LogP contribution in [0.2, 0.25) is 0 Å². The fourth-order valence-corrected chi connectivity index (χ4v) is 2.34. The second kappa shape index (κ2) is 8.19. The number of sulfonamides is 1. The number of ether oxygens (including phenoxy) is 1. The van der Waals surface area contributed by atoms with Crippen molar-refractivity contribution in [1.82, 2.24) is 4.72 Å². The molecule has 7 heteroatoms. The molecule has 21 heavy (non-hydrogen) atoms. The van der Waals surface area contributed by atoms with E-state index in [1.807, 2.05) is 6.07 Å². The molecule has 0 atom stereocenters. The minimum Gasteiger partial charge on any atom is -0.465 e. The topological polar surface area (TPSA) is 96.3 Å². The quantitative estimate of drug-likeness (QED) is 0.760. The summed E-state index contributed by atoms with van der Waals surface area (Å²) in [5.41, 5.74) is 1.32. The minimum atomic E-state index is -3.70. The molecular formula is C14H16N2O4S. The summed E-state index contributed by atoms with van der Waals surface area (Å²) in [5.74, 6) is -1.48. The van der Waals surface area contributed by atoms with E-state index in [-0.39, 0.29) is 13.2 Å². The van der Waals surface area contributed by atoms with Crippen LogP contribution in [0, 0.1) is 11.3 Å². The summed E-state index contributed by atoms with van der Waals surface area (Å²) >= 11 is 0. The number of nitriles is 1. The van der Waals surface area contributed by atoms with Gasteiger partial charge in [-0.2, -0.15) is 5.26 Å². The summed E-state index contributed by atoms with van der Waals surface area (Å²) in [6.45, 7) is 1.80. The Morgan fingerprint density at radius 1 is 1.48 bits per heavy atom. The molecule has 112 valence electrons. The van der Waals surface area contributed by atoms with E-state index in [9.17, 15) is 13.2 Å². The first kappa shape index (κ1) is 16.9. The average Bonchev–Trinajstić information content (AvgIpc) is 2.43. The Labute approximate surface area is 124 Å². The molecule has 0 aliphatic heterocycles. The number of hydrogen-bond donors (Lipinski definition) is 1. The van der Waals surface area contributed by atoms with Gasteiger partial charge in [0.2, 0.25) is 10.0 Å². The molecule has 1 aromatic carbocycles. The lowest BCUT2D eigenvalue weighted by molar-refractivity contribution is -0.139. The van der Waals surface area contributed by atoms with Crippen LogP contribution in [-0.4, -0.2) is 33.3 Å². The van der Waals surface area contributed by atoms with Gasteiger partial charge in [0.05, 0.1) is 18.2 Å². The molecule has 0 fully saturated rings. The second-order valence-corrected chi connectivity index (χ2v) is 5.86. The number of benzene rings is 1. The Bertz CT molecular complexity index is 660. The van der Waals surface area contributed by atoms with Crippen molar-refractivity contribution in [3.63, 3.8) is 0 Å². The molecule has 0 aromatic heterocycles. The van der Waals surface area contributed by atoms with Crippen molar-refractivity contribution < 1.29 is 17.9 Å². The molecule has 0 bridgehead atoms. The fraction of sp³-hybridized carbons (Fsp3) is 0.286. The number of nitrogens with zero attached hydrogens (tertiary/aromatic N) is 1. The Kier molecular flexibility index (Phi) is 6.59. The molecule has 1 N–H and O–H groups in total. The summed E-state index contributed by atoms with van der Waals surface area (Å²) in [6, 6.07) is 8.92. The Morgan fingerprint density at radius 2 is 2.24 bits per heavy atom. The van der Waals surface area contributed by atoms with Crippen molar-refractivity contribution in [2.45, 2.75) is 6.92 Å². The first-order valence-corrected chi connectivity index (χ1v) is 7.91. The molecule has 0 spiro atoms. The molecule has 0 amide bonds. The lowest BCUT2D eigenvalue weighted by atomic mass is 10.1. The molecule has 0 heterocycles. The monoisotopic (exact) mass is 308 g/mol. The van der Waals surface area contributed by atoms with Gasteiger partial charge in [0.25, 0.3) is 0 Å². The van der Waals surface area contributed by atoms with Gasteiger partial charge in [-0.25, -0.2) is 13.1 Å². The molecule has 1 rings (SSSR count). The Morgan fingerprint density at radius 3 is 2.90 bits per heavy atom. The largest absolute Gasteiger partial charge is 0.465 e. The third-order valence-electron chi connectivity index (χ3n) is 2.36. The molecular weight excluding hydrogens is 292 g/mol. The van der Waals surface area contributed by atoms with Crippen LogP contribution in [0.3, 0.4) is 0 Å². The van der Waals surface area contributed by atoms with E-state index in [0.717, 1.165) is 5.56 Å². The van der Waals surface area contributed by atoms with E-state index >= 15 is 0 Å². The smallest absolute Gasteiger partial charge is 0.322 e. The third-order valence-corrected chi connectivity index (χ3v) is 3.58. The van der Waals surface area contributed by atoms with Gasteiger partial charge in [0, 0.05) is 6.54 Å².